The quantitative estimate of drug-likeness (QED) is 0.611. The highest BCUT2D eigenvalue weighted by Crippen LogP contribution is 2.28. The van der Waals surface area contributed by atoms with E-state index in [0.717, 1.165) is 5.56 Å². The Balaban J connectivity index is 1.88. The van der Waals surface area contributed by atoms with Gasteiger partial charge in [-0.1, -0.05) is 0 Å². The first-order valence-corrected chi connectivity index (χ1v) is 8.84. The second-order valence-corrected chi connectivity index (χ2v) is 6.49. The molecule has 4 rings (SSSR count). The van der Waals surface area contributed by atoms with Gasteiger partial charge in [0.05, 0.1) is 26.5 Å². The lowest BCUT2D eigenvalue weighted by atomic mass is 10.2. The summed E-state index contributed by atoms with van der Waals surface area (Å²) in [5.74, 6) is 1.38. The zero-order valence-electron chi connectivity index (χ0n) is 15.8. The van der Waals surface area contributed by atoms with E-state index in [1.54, 1.807) is 30.9 Å². The Kier molecular flexibility index (Phi) is 4.70. The van der Waals surface area contributed by atoms with Gasteiger partial charge in [0.25, 0.3) is 5.91 Å². The number of anilines is 3. The molecule has 0 saturated carbocycles. The van der Waals surface area contributed by atoms with Crippen LogP contribution in [0.25, 0.3) is 5.65 Å². The van der Waals surface area contributed by atoms with Crippen LogP contribution in [0.4, 0.5) is 17.3 Å². The van der Waals surface area contributed by atoms with Crippen molar-refractivity contribution in [3.8, 4) is 5.88 Å². The third-order valence-corrected chi connectivity index (χ3v) is 4.35. The summed E-state index contributed by atoms with van der Waals surface area (Å²) in [5, 5.41) is 13.5. The van der Waals surface area contributed by atoms with Gasteiger partial charge in [-0.2, -0.15) is 9.61 Å². The minimum atomic E-state index is -0.257. The Bertz CT molecular complexity index is 1030. The molecule has 0 aliphatic carbocycles. The fraction of sp³-hybridized carbons (Fsp3) is 0.333. The maximum absolute atomic E-state index is 12.7. The Morgan fingerprint density at radius 1 is 1.36 bits per heavy atom. The predicted octanol–water partition coefficient (Wildman–Crippen LogP) is 1.57. The second-order valence-electron chi connectivity index (χ2n) is 6.49. The van der Waals surface area contributed by atoms with Crippen LogP contribution in [-0.4, -0.2) is 52.3 Å². The van der Waals surface area contributed by atoms with Crippen LogP contribution in [0.3, 0.4) is 0 Å². The van der Waals surface area contributed by atoms with Gasteiger partial charge in [0.1, 0.15) is 22.9 Å². The van der Waals surface area contributed by atoms with Crippen LogP contribution >= 0.6 is 0 Å². The number of aromatic nitrogens is 4. The number of hydrogen-bond acceptors (Lipinski definition) is 8. The monoisotopic (exact) mass is 383 g/mol. The van der Waals surface area contributed by atoms with Crippen molar-refractivity contribution in [1.82, 2.24) is 24.9 Å². The van der Waals surface area contributed by atoms with Gasteiger partial charge in [0.2, 0.25) is 5.88 Å². The maximum Gasteiger partial charge on any atom is 0.257 e. The number of carbonyl (C=O) groups is 1. The van der Waals surface area contributed by atoms with Crippen molar-refractivity contribution in [2.24, 2.45) is 0 Å². The Labute approximate surface area is 161 Å². The highest BCUT2D eigenvalue weighted by molar-refractivity contribution is 6.00. The van der Waals surface area contributed by atoms with Crippen molar-refractivity contribution in [3.63, 3.8) is 0 Å². The number of carbonyl (C=O) groups excluding carboxylic acids is 1. The molecule has 3 aromatic rings. The lowest BCUT2D eigenvalue weighted by Gasteiger charge is -2.16. The van der Waals surface area contributed by atoms with Gasteiger partial charge in [-0.05, 0) is 18.6 Å². The first-order chi connectivity index (χ1) is 13.6. The maximum atomic E-state index is 12.7. The molecular weight excluding hydrogens is 362 g/mol. The van der Waals surface area contributed by atoms with Crippen LogP contribution in [0, 0.1) is 0 Å². The molecule has 146 valence electrons. The molecule has 4 heterocycles. The van der Waals surface area contributed by atoms with Gasteiger partial charge < -0.3 is 25.4 Å². The van der Waals surface area contributed by atoms with Crippen molar-refractivity contribution < 1.29 is 14.3 Å². The normalized spacial score (nSPS) is 17.0. The van der Waals surface area contributed by atoms with Gasteiger partial charge in [-0.3, -0.25) is 4.79 Å². The van der Waals surface area contributed by atoms with Gasteiger partial charge >= 0.3 is 0 Å². The minimum absolute atomic E-state index is 0.179. The summed E-state index contributed by atoms with van der Waals surface area (Å²) in [6.45, 7) is 2.60. The average Bonchev–Trinajstić information content (AvgIpc) is 3.11. The molecule has 1 aliphatic heterocycles. The first-order valence-electron chi connectivity index (χ1n) is 8.84. The molecule has 0 saturated heterocycles. The molecule has 0 unspecified atom stereocenters. The third-order valence-electron chi connectivity index (χ3n) is 4.35. The SMILES string of the molecule is CNc1cc2nc3c(cnn13)C(=O)N[C@H](C)COCc1cnc(OC)c(c1)N2. The van der Waals surface area contributed by atoms with Crippen molar-refractivity contribution in [2.45, 2.75) is 19.6 Å². The first kappa shape index (κ1) is 18.0. The van der Waals surface area contributed by atoms with Crippen molar-refractivity contribution in [1.29, 1.82) is 0 Å². The van der Waals surface area contributed by atoms with E-state index in [1.807, 2.05) is 13.0 Å². The zero-order chi connectivity index (χ0) is 19.7. The summed E-state index contributed by atoms with van der Waals surface area (Å²) in [7, 11) is 3.33. The molecule has 28 heavy (non-hydrogen) atoms. The molecular formula is C18H21N7O3. The number of amides is 1. The second kappa shape index (κ2) is 7.31. The van der Waals surface area contributed by atoms with Gasteiger partial charge in [0.15, 0.2) is 5.65 Å². The highest BCUT2D eigenvalue weighted by atomic mass is 16.5. The van der Waals surface area contributed by atoms with E-state index in [-0.39, 0.29) is 11.9 Å². The molecule has 1 aliphatic rings. The molecule has 4 bridgehead atoms. The van der Waals surface area contributed by atoms with Gasteiger partial charge in [0, 0.05) is 25.4 Å². The van der Waals surface area contributed by atoms with E-state index < -0.39 is 0 Å². The number of fused-ring (bicyclic) bond motifs is 3. The average molecular weight is 383 g/mol. The molecule has 0 fully saturated rings. The lowest BCUT2D eigenvalue weighted by Crippen LogP contribution is -2.35. The molecule has 1 amide bonds. The third kappa shape index (κ3) is 3.29. The summed E-state index contributed by atoms with van der Waals surface area (Å²) in [5.41, 5.74) is 2.33. The van der Waals surface area contributed by atoms with Crippen LogP contribution in [-0.2, 0) is 11.3 Å². The summed E-state index contributed by atoms with van der Waals surface area (Å²) in [6, 6.07) is 3.52. The highest BCUT2D eigenvalue weighted by Gasteiger charge is 2.20. The summed E-state index contributed by atoms with van der Waals surface area (Å²) in [4.78, 5) is 21.6. The lowest BCUT2D eigenvalue weighted by molar-refractivity contribution is 0.0821. The Hall–Kier alpha value is -3.40. The molecule has 3 N–H and O–H groups in total. The van der Waals surface area contributed by atoms with E-state index in [9.17, 15) is 4.79 Å². The van der Waals surface area contributed by atoms with Crippen molar-refractivity contribution >= 4 is 28.9 Å². The smallest absolute Gasteiger partial charge is 0.257 e. The molecule has 1 atom stereocenters. The van der Waals surface area contributed by atoms with Crippen LogP contribution in [0.2, 0.25) is 0 Å². The standard InChI is InChI=1S/C18H21N7O3/c1-10-8-28-9-11-4-13(18(27-3)20-6-11)23-14-5-15(19-2)25-16(24-14)12(7-21-25)17(26)22-10/h4-7,10,19H,8-9H2,1-3H3,(H,22,26)(H,23,24)/t10-/m1/s1. The molecule has 0 radical (unpaired) electrons. The van der Waals surface area contributed by atoms with Crippen LogP contribution < -0.4 is 20.7 Å². The van der Waals surface area contributed by atoms with Gasteiger partial charge in [-0.25, -0.2) is 9.97 Å². The number of hydrogen-bond donors (Lipinski definition) is 3. The number of rotatable bonds is 2. The van der Waals surface area contributed by atoms with Crippen LogP contribution in [0.1, 0.15) is 22.8 Å². The Morgan fingerprint density at radius 3 is 3.00 bits per heavy atom. The van der Waals surface area contributed by atoms with E-state index in [0.29, 0.717) is 47.6 Å². The number of methoxy groups -OCH3 is 1. The summed E-state index contributed by atoms with van der Waals surface area (Å²) >= 11 is 0. The van der Waals surface area contributed by atoms with E-state index in [2.05, 4.69) is 31.0 Å². The minimum Gasteiger partial charge on any atom is -0.480 e. The van der Waals surface area contributed by atoms with Crippen molar-refractivity contribution in [3.05, 3.63) is 35.7 Å². The molecule has 10 heteroatoms. The number of pyridine rings is 1. The molecule has 0 spiro atoms. The largest absolute Gasteiger partial charge is 0.480 e. The fourth-order valence-corrected chi connectivity index (χ4v) is 3.03. The van der Waals surface area contributed by atoms with E-state index in [4.69, 9.17) is 9.47 Å². The number of nitrogens with zero attached hydrogens (tertiary/aromatic N) is 4. The van der Waals surface area contributed by atoms with Crippen molar-refractivity contribution in [2.75, 3.05) is 31.4 Å². The van der Waals surface area contributed by atoms with Gasteiger partial charge in [-0.15, -0.1) is 0 Å². The summed E-state index contributed by atoms with van der Waals surface area (Å²) < 4.78 is 12.7. The fourth-order valence-electron chi connectivity index (χ4n) is 3.03. The number of ether oxygens (including phenoxy) is 2. The molecule has 3 aromatic heterocycles. The zero-order valence-corrected chi connectivity index (χ0v) is 15.8. The predicted molar refractivity (Wildman–Crippen MR) is 103 cm³/mol. The van der Waals surface area contributed by atoms with E-state index >= 15 is 0 Å². The van der Waals surface area contributed by atoms with Crippen LogP contribution in [0.15, 0.2) is 24.5 Å². The van der Waals surface area contributed by atoms with Crippen LogP contribution in [0.5, 0.6) is 5.88 Å². The summed E-state index contributed by atoms with van der Waals surface area (Å²) in [6.07, 6.45) is 3.20. The topological polar surface area (TPSA) is 115 Å². The number of nitrogens with one attached hydrogen (secondary N) is 3. The molecule has 10 nitrogen and oxygen atoms in total. The Morgan fingerprint density at radius 2 is 2.21 bits per heavy atom. The molecule has 0 aromatic carbocycles. The van der Waals surface area contributed by atoms with E-state index in [1.165, 1.54) is 6.20 Å².